The van der Waals surface area contributed by atoms with Crippen LogP contribution in [0.15, 0.2) is 28.4 Å². The number of carboxylic acids is 1. The average Bonchev–Trinajstić information content (AvgIpc) is 2.63. The Morgan fingerprint density at radius 3 is 2.57 bits per heavy atom. The monoisotopic (exact) mass is 404 g/mol. The van der Waals surface area contributed by atoms with Crippen molar-refractivity contribution >= 4 is 35.8 Å². The Hall–Kier alpha value is -2.81. The van der Waals surface area contributed by atoms with Crippen molar-refractivity contribution in [3.8, 4) is 5.75 Å². The maximum absolute atomic E-state index is 12.6. The number of hydrogen-bond donors (Lipinski definition) is 2. The van der Waals surface area contributed by atoms with E-state index in [9.17, 15) is 24.6 Å². The third-order valence-corrected chi connectivity index (χ3v) is 5.89. The second kappa shape index (κ2) is 7.67. The first-order valence-corrected chi connectivity index (χ1v) is 9.62. The Labute approximate surface area is 165 Å². The Morgan fingerprint density at radius 2 is 2.00 bits per heavy atom. The molecule has 0 unspecified atom stereocenters. The van der Waals surface area contributed by atoms with E-state index in [0.29, 0.717) is 22.5 Å². The lowest BCUT2D eigenvalue weighted by atomic mass is 10.0. The minimum absolute atomic E-state index is 0.127. The Morgan fingerprint density at radius 1 is 1.36 bits per heavy atom. The Bertz CT molecular complexity index is 900. The van der Waals surface area contributed by atoms with Gasteiger partial charge >= 0.3 is 11.9 Å². The topological polar surface area (TPSA) is 116 Å². The minimum Gasteiger partial charge on any atom is -0.507 e. The van der Waals surface area contributed by atoms with Gasteiger partial charge in [-0.2, -0.15) is 0 Å². The van der Waals surface area contributed by atoms with Crippen LogP contribution in [0.3, 0.4) is 0 Å². The highest BCUT2D eigenvalue weighted by Crippen LogP contribution is 2.41. The van der Waals surface area contributed by atoms with Gasteiger partial charge in [0.1, 0.15) is 23.4 Å². The molecular weight excluding hydrogens is 384 g/mol. The number of β-lactam (4-membered cyclic amide) rings is 1. The number of carbonyl (C=O) groups is 3. The number of esters is 1. The fourth-order valence-electron chi connectivity index (χ4n) is 3.20. The van der Waals surface area contributed by atoms with Gasteiger partial charge in [-0.1, -0.05) is 0 Å². The molecule has 2 aliphatic heterocycles. The summed E-state index contributed by atoms with van der Waals surface area (Å²) < 4.78 is 4.91. The number of nitrogens with zero attached hydrogens (tertiary/aromatic N) is 2. The molecule has 1 aromatic rings. The van der Waals surface area contributed by atoms with E-state index in [1.54, 1.807) is 32.2 Å². The molecule has 1 amide bonds. The summed E-state index contributed by atoms with van der Waals surface area (Å²) >= 11 is 1.39. The molecule has 28 heavy (non-hydrogen) atoms. The van der Waals surface area contributed by atoms with Crippen molar-refractivity contribution in [2.45, 2.75) is 32.2 Å². The fourth-order valence-corrected chi connectivity index (χ4v) is 4.52. The van der Waals surface area contributed by atoms with Gasteiger partial charge < -0.3 is 14.9 Å². The van der Waals surface area contributed by atoms with Crippen LogP contribution in [0.4, 0.5) is 0 Å². The third kappa shape index (κ3) is 3.62. The highest BCUT2D eigenvalue weighted by Gasteiger charge is 2.53. The van der Waals surface area contributed by atoms with Crippen LogP contribution in [0.25, 0.3) is 0 Å². The van der Waals surface area contributed by atoms with Crippen molar-refractivity contribution in [1.82, 2.24) is 4.90 Å². The van der Waals surface area contributed by atoms with Crippen LogP contribution < -0.4 is 0 Å². The molecule has 0 radical (unpaired) electrons. The van der Waals surface area contributed by atoms with Crippen LogP contribution in [-0.2, 0) is 19.1 Å². The number of carbonyl (C=O) groups excluding carboxylic acids is 2. The molecule has 2 heterocycles. The lowest BCUT2D eigenvalue weighted by molar-refractivity contribution is -0.148. The number of ether oxygens (including phenoxy) is 1. The number of carboxylic acid groups (broad SMARTS) is 1. The molecular formula is C19H20N2O6S. The maximum atomic E-state index is 12.6. The summed E-state index contributed by atoms with van der Waals surface area (Å²) in [4.78, 5) is 40.8. The first kappa shape index (κ1) is 19.9. The molecule has 1 saturated heterocycles. The zero-order valence-electron chi connectivity index (χ0n) is 15.6. The lowest BCUT2D eigenvalue weighted by Gasteiger charge is -2.47. The van der Waals surface area contributed by atoms with Gasteiger partial charge in [0.2, 0.25) is 0 Å². The summed E-state index contributed by atoms with van der Waals surface area (Å²) in [6.45, 7) is 4.65. The predicted octanol–water partition coefficient (Wildman–Crippen LogP) is 1.61. The number of rotatable bonds is 5. The number of aliphatic carboxylic acids is 1. The molecule has 1 aromatic carbocycles. The summed E-state index contributed by atoms with van der Waals surface area (Å²) in [5.41, 5.74) is 2.44. The van der Waals surface area contributed by atoms with Gasteiger partial charge in [-0.05, 0) is 42.7 Å². The van der Waals surface area contributed by atoms with Crippen LogP contribution in [0.2, 0.25) is 0 Å². The van der Waals surface area contributed by atoms with Crippen molar-refractivity contribution in [2.24, 2.45) is 4.99 Å². The first-order valence-electron chi connectivity index (χ1n) is 8.57. The second-order valence-corrected chi connectivity index (χ2v) is 7.78. The van der Waals surface area contributed by atoms with Crippen LogP contribution in [0, 0.1) is 13.8 Å². The third-order valence-electron chi connectivity index (χ3n) is 4.57. The van der Waals surface area contributed by atoms with Gasteiger partial charge in [0.05, 0.1) is 0 Å². The number of fused-ring (bicyclic) bond motifs is 1. The number of benzene rings is 1. The van der Waals surface area contributed by atoms with E-state index in [1.165, 1.54) is 23.6 Å². The highest BCUT2D eigenvalue weighted by atomic mass is 32.2. The van der Waals surface area contributed by atoms with Gasteiger partial charge in [0, 0.05) is 24.5 Å². The van der Waals surface area contributed by atoms with E-state index in [-0.39, 0.29) is 18.1 Å². The molecule has 2 atom stereocenters. The summed E-state index contributed by atoms with van der Waals surface area (Å²) in [5, 5.41) is 19.0. The number of phenols is 1. The number of aryl methyl sites for hydroxylation is 2. The van der Waals surface area contributed by atoms with Crippen LogP contribution in [0.1, 0.15) is 23.6 Å². The van der Waals surface area contributed by atoms with Crippen molar-refractivity contribution in [3.63, 3.8) is 0 Å². The Balaban J connectivity index is 1.80. The van der Waals surface area contributed by atoms with Gasteiger partial charge in [0.15, 0.2) is 6.04 Å². The molecule has 0 saturated carbocycles. The van der Waals surface area contributed by atoms with Gasteiger partial charge in [-0.3, -0.25) is 19.5 Å². The molecule has 0 aliphatic carbocycles. The van der Waals surface area contributed by atoms with Crippen molar-refractivity contribution < 1.29 is 29.3 Å². The van der Waals surface area contributed by atoms with Crippen molar-refractivity contribution in [1.29, 1.82) is 0 Å². The van der Waals surface area contributed by atoms with E-state index in [4.69, 9.17) is 4.74 Å². The summed E-state index contributed by atoms with van der Waals surface area (Å²) in [5.74, 6) is -1.58. The zero-order chi connectivity index (χ0) is 20.6. The normalized spacial score (nSPS) is 21.5. The van der Waals surface area contributed by atoms with E-state index in [0.717, 1.165) is 5.56 Å². The SMILES string of the molecule is CC(=O)OCC1=C(C(=O)O)N2C(=O)[C@@H](N=Cc3cc(C)c(O)c(C)c3)[C@@H]2SC1. The van der Waals surface area contributed by atoms with E-state index >= 15 is 0 Å². The van der Waals surface area contributed by atoms with E-state index in [2.05, 4.69) is 4.99 Å². The largest absolute Gasteiger partial charge is 0.507 e. The molecule has 1 fully saturated rings. The minimum atomic E-state index is -1.23. The molecule has 0 aromatic heterocycles. The average molecular weight is 404 g/mol. The lowest BCUT2D eigenvalue weighted by Crippen LogP contribution is -2.64. The highest BCUT2D eigenvalue weighted by molar-refractivity contribution is 8.00. The molecule has 8 nitrogen and oxygen atoms in total. The van der Waals surface area contributed by atoms with Gasteiger partial charge in [-0.15, -0.1) is 11.8 Å². The molecule has 0 bridgehead atoms. The number of hydrogen-bond acceptors (Lipinski definition) is 7. The number of aromatic hydroxyl groups is 1. The maximum Gasteiger partial charge on any atom is 0.352 e. The number of aliphatic imine (C=N–C) groups is 1. The molecule has 148 valence electrons. The molecule has 0 spiro atoms. The zero-order valence-corrected chi connectivity index (χ0v) is 16.4. The summed E-state index contributed by atoms with van der Waals surface area (Å²) in [7, 11) is 0. The van der Waals surface area contributed by atoms with Crippen LogP contribution in [-0.4, -0.2) is 62.9 Å². The van der Waals surface area contributed by atoms with E-state index in [1.807, 2.05) is 0 Å². The first-order chi connectivity index (χ1) is 13.2. The summed E-state index contributed by atoms with van der Waals surface area (Å²) in [6.07, 6.45) is 1.57. The summed E-state index contributed by atoms with van der Waals surface area (Å²) in [6, 6.07) is 2.85. The molecule has 2 aliphatic rings. The Kier molecular flexibility index (Phi) is 5.46. The predicted molar refractivity (Wildman–Crippen MR) is 103 cm³/mol. The van der Waals surface area contributed by atoms with Gasteiger partial charge in [0.25, 0.3) is 5.91 Å². The second-order valence-electron chi connectivity index (χ2n) is 6.67. The number of amides is 1. The van der Waals surface area contributed by atoms with Crippen molar-refractivity contribution in [2.75, 3.05) is 12.4 Å². The standard InChI is InChI=1S/C19H20N2O6S/c1-9-4-12(5-10(2)16(9)23)6-20-14-17(24)21-15(19(25)26)13(7-27-11(3)22)8-28-18(14)21/h4-6,14,18,23H,7-8H2,1-3H3,(H,25,26)/t14-,18+/m1/s1. The van der Waals surface area contributed by atoms with Gasteiger partial charge in [-0.25, -0.2) is 4.79 Å². The quantitative estimate of drug-likeness (QED) is 0.435. The molecule has 2 N–H and O–H groups in total. The fraction of sp³-hybridized carbons (Fsp3) is 0.368. The van der Waals surface area contributed by atoms with Crippen LogP contribution >= 0.6 is 11.8 Å². The molecule has 3 rings (SSSR count). The number of phenolic OH excluding ortho intramolecular Hbond substituents is 1. The van der Waals surface area contributed by atoms with Crippen LogP contribution in [0.5, 0.6) is 5.75 Å². The van der Waals surface area contributed by atoms with E-state index < -0.39 is 29.3 Å². The number of thioether (sulfide) groups is 1. The van der Waals surface area contributed by atoms with Crippen molar-refractivity contribution in [3.05, 3.63) is 40.1 Å². The smallest absolute Gasteiger partial charge is 0.352 e. The molecule has 9 heteroatoms.